The number of nitrogens with one attached hydrogen (secondary N) is 2. The second-order valence-corrected chi connectivity index (χ2v) is 11.8. The smallest absolute Gasteiger partial charge is 0.270 e. The van der Waals surface area contributed by atoms with Gasteiger partial charge in [-0.05, 0) is 51.3 Å². The Morgan fingerprint density at radius 3 is 2.52 bits per heavy atom. The van der Waals surface area contributed by atoms with Gasteiger partial charge in [-0.1, -0.05) is 24.3 Å². The van der Waals surface area contributed by atoms with Crippen LogP contribution in [0, 0.1) is 11.2 Å². The summed E-state index contributed by atoms with van der Waals surface area (Å²) in [7, 11) is 2.05. The van der Waals surface area contributed by atoms with Crippen LogP contribution >= 0.6 is 0 Å². The highest BCUT2D eigenvalue weighted by Gasteiger charge is 2.37. The molecule has 2 aliphatic heterocycles. The molecule has 1 aromatic carbocycles. The monoisotopic (exact) mass is 560 g/mol. The van der Waals surface area contributed by atoms with Gasteiger partial charge in [0.15, 0.2) is 11.6 Å². The van der Waals surface area contributed by atoms with Gasteiger partial charge in [0.2, 0.25) is 11.7 Å². The van der Waals surface area contributed by atoms with Crippen molar-refractivity contribution in [1.29, 1.82) is 0 Å². The van der Waals surface area contributed by atoms with E-state index in [1.165, 1.54) is 18.5 Å². The summed E-state index contributed by atoms with van der Waals surface area (Å²) >= 11 is 0. The van der Waals surface area contributed by atoms with E-state index < -0.39 is 11.7 Å². The molecule has 8 nitrogen and oxygen atoms in total. The molecule has 2 N–H and O–H groups in total. The highest BCUT2D eigenvalue weighted by Crippen LogP contribution is 2.37. The summed E-state index contributed by atoms with van der Waals surface area (Å²) in [5, 5.41) is 6.36. The summed E-state index contributed by atoms with van der Waals surface area (Å²) in [5.74, 6) is -3.16. The minimum atomic E-state index is -2.91. The van der Waals surface area contributed by atoms with E-state index in [0.29, 0.717) is 45.6 Å². The lowest BCUT2D eigenvalue weighted by Gasteiger charge is -2.37. The van der Waals surface area contributed by atoms with E-state index in [0.717, 1.165) is 44.8 Å². The number of alkyl halides is 2. The average molecular weight is 561 g/mol. The third-order valence-electron chi connectivity index (χ3n) is 8.32. The van der Waals surface area contributed by atoms with Crippen LogP contribution in [-0.2, 0) is 22.0 Å². The average Bonchev–Trinajstić information content (AvgIpc) is 3.68. The Bertz CT molecular complexity index is 1170. The van der Waals surface area contributed by atoms with Crippen molar-refractivity contribution in [2.75, 3.05) is 50.1 Å². The summed E-state index contributed by atoms with van der Waals surface area (Å²) in [6, 6.07) is 6.43. The van der Waals surface area contributed by atoms with Crippen molar-refractivity contribution in [3.63, 3.8) is 0 Å². The Hall–Kier alpha value is -2.92. The molecule has 3 aliphatic rings. The molecule has 3 fully saturated rings. The van der Waals surface area contributed by atoms with Gasteiger partial charge < -0.3 is 25.2 Å². The highest BCUT2D eigenvalue weighted by molar-refractivity contribution is 5.77. The lowest BCUT2D eigenvalue weighted by Crippen LogP contribution is -2.44. The molecule has 1 amide bonds. The highest BCUT2D eigenvalue weighted by atomic mass is 19.3. The first kappa shape index (κ1) is 28.6. The molecular formula is C29H39F3N6O2. The molecule has 5 rings (SSSR count). The largest absolute Gasteiger partial charge is 0.381 e. The number of benzene rings is 1. The number of likely N-dealkylation sites (N-methyl/N-ethyl adjacent to an activating group) is 1. The number of amides is 1. The molecule has 11 heteroatoms. The van der Waals surface area contributed by atoms with Crippen LogP contribution in [0.15, 0.2) is 30.6 Å². The van der Waals surface area contributed by atoms with Crippen LogP contribution in [0.3, 0.4) is 0 Å². The third kappa shape index (κ3) is 7.04. The summed E-state index contributed by atoms with van der Waals surface area (Å²) < 4.78 is 48.7. The fourth-order valence-electron chi connectivity index (χ4n) is 5.71. The fraction of sp³-hybridized carbons (Fsp3) is 0.621. The van der Waals surface area contributed by atoms with Crippen molar-refractivity contribution < 1.29 is 22.7 Å². The molecule has 1 atom stereocenters. The quantitative estimate of drug-likeness (QED) is 0.424. The molecule has 3 heterocycles. The predicted octanol–water partition coefficient (Wildman–Crippen LogP) is 4.32. The lowest BCUT2D eigenvalue weighted by molar-refractivity contribution is -0.125. The van der Waals surface area contributed by atoms with Crippen molar-refractivity contribution in [2.45, 2.75) is 70.0 Å². The molecule has 218 valence electrons. The normalized spacial score (nSPS) is 21.3. The van der Waals surface area contributed by atoms with Gasteiger partial charge in [0.25, 0.3) is 5.92 Å². The van der Waals surface area contributed by atoms with Crippen LogP contribution in [0.4, 0.5) is 24.8 Å². The molecule has 0 radical (unpaired) electrons. The van der Waals surface area contributed by atoms with Crippen molar-refractivity contribution in [1.82, 2.24) is 20.2 Å². The fourth-order valence-corrected chi connectivity index (χ4v) is 5.71. The van der Waals surface area contributed by atoms with Crippen LogP contribution in [0.5, 0.6) is 0 Å². The second kappa shape index (κ2) is 11.9. The van der Waals surface area contributed by atoms with E-state index >= 15 is 4.39 Å². The summed E-state index contributed by atoms with van der Waals surface area (Å²) in [5.41, 5.74) is 0.372. The topological polar surface area (TPSA) is 82.6 Å². The first-order valence-electron chi connectivity index (χ1n) is 14.2. The number of hydrogen-bond donors (Lipinski definition) is 2. The van der Waals surface area contributed by atoms with Gasteiger partial charge in [-0.2, -0.15) is 4.39 Å². The Morgan fingerprint density at radius 2 is 1.90 bits per heavy atom. The number of anilines is 2. The number of carbonyl (C=O) groups is 1. The zero-order valence-electron chi connectivity index (χ0n) is 23.3. The number of hydrogen-bond acceptors (Lipinski definition) is 7. The van der Waals surface area contributed by atoms with Crippen LogP contribution in [0.2, 0.25) is 0 Å². The Labute approximate surface area is 233 Å². The molecule has 0 spiro atoms. The van der Waals surface area contributed by atoms with Crippen molar-refractivity contribution in [3.8, 4) is 0 Å². The molecule has 40 heavy (non-hydrogen) atoms. The van der Waals surface area contributed by atoms with Crippen LogP contribution in [0.1, 0.15) is 56.6 Å². The van der Waals surface area contributed by atoms with Gasteiger partial charge in [-0.3, -0.25) is 4.79 Å². The first-order valence-corrected chi connectivity index (χ1v) is 14.2. The summed E-state index contributed by atoms with van der Waals surface area (Å²) in [6.45, 7) is 4.53. The molecule has 2 aromatic rings. The molecule has 1 saturated carbocycles. The molecule has 0 bridgehead atoms. The number of likely N-dealkylation sites (tertiary alicyclic amines) is 1. The van der Waals surface area contributed by atoms with Crippen LogP contribution < -0.4 is 15.5 Å². The number of aromatic nitrogens is 2. The van der Waals surface area contributed by atoms with Gasteiger partial charge in [0.1, 0.15) is 6.33 Å². The van der Waals surface area contributed by atoms with Crippen molar-refractivity contribution in [3.05, 3.63) is 47.5 Å². The molecule has 1 aliphatic carbocycles. The maximum Gasteiger partial charge on any atom is 0.270 e. The number of rotatable bonds is 11. The van der Waals surface area contributed by atoms with Gasteiger partial charge >= 0.3 is 0 Å². The zero-order chi connectivity index (χ0) is 28.3. The van der Waals surface area contributed by atoms with Gasteiger partial charge in [-0.25, -0.2) is 18.7 Å². The zero-order valence-corrected chi connectivity index (χ0v) is 23.3. The van der Waals surface area contributed by atoms with E-state index in [9.17, 15) is 13.6 Å². The van der Waals surface area contributed by atoms with E-state index in [-0.39, 0.29) is 40.6 Å². The van der Waals surface area contributed by atoms with Crippen LogP contribution in [0.25, 0.3) is 0 Å². The Morgan fingerprint density at radius 1 is 1.18 bits per heavy atom. The molecule has 1 unspecified atom stereocenters. The summed E-state index contributed by atoms with van der Waals surface area (Å²) in [4.78, 5) is 25.5. The Kier molecular flexibility index (Phi) is 8.51. The maximum atomic E-state index is 15.8. The Balaban J connectivity index is 1.27. The molecule has 1 aromatic heterocycles. The standard InChI is InChI=1S/C29H39F3N6O2/c1-28(31,32)21-5-3-20(4-6-21)16-38(23-7-8-23)27-25(30)26(34-19-35-27)33-18-29(10-13-40-14-11-29)15-24(39)36-22-9-12-37(2)17-22/h3-6,19,22-23H,7-18H2,1-2H3,(H,36,39)(H,33,34,35). The predicted molar refractivity (Wildman–Crippen MR) is 147 cm³/mol. The van der Waals surface area contributed by atoms with E-state index in [1.54, 1.807) is 12.1 Å². The second-order valence-electron chi connectivity index (χ2n) is 11.8. The van der Waals surface area contributed by atoms with E-state index in [1.807, 2.05) is 11.9 Å². The number of ether oxygens (including phenoxy) is 1. The minimum Gasteiger partial charge on any atom is -0.381 e. The number of halogens is 3. The summed E-state index contributed by atoms with van der Waals surface area (Å²) in [6.07, 6.45) is 5.83. The van der Waals surface area contributed by atoms with Crippen molar-refractivity contribution in [2.24, 2.45) is 5.41 Å². The van der Waals surface area contributed by atoms with Gasteiger partial charge in [-0.15, -0.1) is 0 Å². The van der Waals surface area contributed by atoms with Crippen molar-refractivity contribution >= 4 is 17.5 Å². The minimum absolute atomic E-state index is 0.0135. The number of carbonyl (C=O) groups excluding carboxylic acids is 1. The van der Waals surface area contributed by atoms with Gasteiger partial charge in [0, 0.05) is 69.3 Å². The lowest BCUT2D eigenvalue weighted by atomic mass is 9.77. The van der Waals surface area contributed by atoms with E-state index in [4.69, 9.17) is 4.74 Å². The van der Waals surface area contributed by atoms with E-state index in [2.05, 4.69) is 25.5 Å². The molecule has 2 saturated heterocycles. The first-order chi connectivity index (χ1) is 19.1. The molecular weight excluding hydrogens is 521 g/mol. The van der Waals surface area contributed by atoms with Gasteiger partial charge in [0.05, 0.1) is 0 Å². The van der Waals surface area contributed by atoms with Crippen LogP contribution in [-0.4, -0.2) is 72.8 Å². The number of nitrogens with zero attached hydrogens (tertiary/aromatic N) is 4. The third-order valence-corrected chi connectivity index (χ3v) is 8.32. The SMILES string of the molecule is CN1CCC(NC(=O)CC2(CNc3ncnc(N(Cc4ccc(C(C)(F)F)cc4)C4CC4)c3F)CCOCC2)C1. The maximum absolute atomic E-state index is 15.8.